The summed E-state index contributed by atoms with van der Waals surface area (Å²) in [5.74, 6) is -0.135. The lowest BCUT2D eigenvalue weighted by Crippen LogP contribution is -2.67. The monoisotopic (exact) mass is 336 g/mol. The minimum Gasteiger partial charge on any atom is -0.342 e. The molecule has 0 saturated carbocycles. The van der Waals surface area contributed by atoms with Crippen LogP contribution < -0.4 is 5.32 Å². The highest BCUT2D eigenvalue weighted by molar-refractivity contribution is 6.00. The number of hydrogen-bond donors (Lipinski definition) is 1. The number of benzene rings is 2. The molecule has 1 aliphatic rings. The van der Waals surface area contributed by atoms with Gasteiger partial charge in [-0.15, -0.1) is 0 Å². The van der Waals surface area contributed by atoms with Crippen LogP contribution in [0.5, 0.6) is 0 Å². The lowest BCUT2D eigenvalue weighted by molar-refractivity contribution is -0.158. The average molecular weight is 336 g/mol. The maximum Gasteiger partial charge on any atom is 0.251 e. The van der Waals surface area contributed by atoms with Crippen molar-refractivity contribution in [2.24, 2.45) is 0 Å². The summed E-state index contributed by atoms with van der Waals surface area (Å²) in [5.41, 5.74) is 0.827. The van der Waals surface area contributed by atoms with E-state index in [-0.39, 0.29) is 11.8 Å². The van der Waals surface area contributed by atoms with E-state index in [1.807, 2.05) is 74.5 Å². The van der Waals surface area contributed by atoms with Crippen molar-refractivity contribution >= 4 is 11.8 Å². The molecule has 130 valence electrons. The van der Waals surface area contributed by atoms with Gasteiger partial charge >= 0.3 is 0 Å². The van der Waals surface area contributed by atoms with E-state index < -0.39 is 11.6 Å². The van der Waals surface area contributed by atoms with Gasteiger partial charge < -0.3 is 10.2 Å². The smallest absolute Gasteiger partial charge is 0.251 e. The van der Waals surface area contributed by atoms with Gasteiger partial charge in [0.1, 0.15) is 11.6 Å². The maximum absolute atomic E-state index is 13.2. The molecule has 0 aromatic heterocycles. The molecule has 2 aromatic rings. The van der Waals surface area contributed by atoms with Crippen LogP contribution in [-0.2, 0) is 21.7 Å². The Morgan fingerprint density at radius 1 is 1.00 bits per heavy atom. The lowest BCUT2D eigenvalue weighted by atomic mass is 9.84. The molecule has 4 nitrogen and oxygen atoms in total. The van der Waals surface area contributed by atoms with Crippen LogP contribution >= 0.6 is 0 Å². The van der Waals surface area contributed by atoms with Crippen LogP contribution in [0.2, 0.25) is 0 Å². The first-order valence-electron chi connectivity index (χ1n) is 8.79. The summed E-state index contributed by atoms with van der Waals surface area (Å²) in [6.07, 6.45) is 1.50. The predicted octanol–water partition coefficient (Wildman–Crippen LogP) is 3.23. The standard InChI is InChI=1S/C21H24N2O2/c1-3-10-18-19(24)23(15-16-11-6-4-7-12-16)21(2,20(25)22-18)17-13-8-5-9-14-17/h4-9,11-14,18H,3,10,15H2,1-2H3,(H,22,25). The number of hydrogen-bond acceptors (Lipinski definition) is 2. The fourth-order valence-corrected chi connectivity index (χ4v) is 3.43. The van der Waals surface area contributed by atoms with Crippen LogP contribution in [0.25, 0.3) is 0 Å². The first-order chi connectivity index (χ1) is 12.1. The summed E-state index contributed by atoms with van der Waals surface area (Å²) in [4.78, 5) is 27.9. The Bertz CT molecular complexity index is 745. The summed E-state index contributed by atoms with van der Waals surface area (Å²) in [5, 5.41) is 2.94. The SMILES string of the molecule is CCCC1NC(=O)C(C)(c2ccccc2)N(Cc2ccccc2)C1=O. The summed E-state index contributed by atoms with van der Waals surface area (Å²) < 4.78 is 0. The van der Waals surface area contributed by atoms with Crippen molar-refractivity contribution in [3.05, 3.63) is 71.8 Å². The molecule has 1 heterocycles. The highest BCUT2D eigenvalue weighted by atomic mass is 16.2. The van der Waals surface area contributed by atoms with E-state index in [9.17, 15) is 9.59 Å². The number of rotatable bonds is 5. The Kier molecular flexibility index (Phi) is 4.88. The first-order valence-corrected chi connectivity index (χ1v) is 8.79. The minimum atomic E-state index is -1.02. The molecular formula is C21H24N2O2. The molecule has 3 rings (SSSR count). The minimum absolute atomic E-state index is 0.0170. The van der Waals surface area contributed by atoms with Gasteiger partial charge in [0.05, 0.1) is 0 Å². The van der Waals surface area contributed by atoms with Crippen LogP contribution in [0.4, 0.5) is 0 Å². The van der Waals surface area contributed by atoms with E-state index in [2.05, 4.69) is 5.32 Å². The number of carbonyl (C=O) groups excluding carboxylic acids is 2. The quantitative estimate of drug-likeness (QED) is 0.911. The van der Waals surface area contributed by atoms with Crippen LogP contribution in [0.1, 0.15) is 37.8 Å². The zero-order chi connectivity index (χ0) is 17.9. The third-order valence-corrected chi connectivity index (χ3v) is 4.95. The van der Waals surface area contributed by atoms with E-state index in [4.69, 9.17) is 0 Å². The third-order valence-electron chi connectivity index (χ3n) is 4.95. The molecule has 2 unspecified atom stereocenters. The third kappa shape index (κ3) is 3.16. The van der Waals surface area contributed by atoms with Crippen LogP contribution in [0, 0.1) is 0 Å². The number of amides is 2. The van der Waals surface area contributed by atoms with Crippen molar-refractivity contribution < 1.29 is 9.59 Å². The molecule has 2 aromatic carbocycles. The second kappa shape index (κ2) is 7.09. The summed E-state index contributed by atoms with van der Waals surface area (Å²) in [6.45, 7) is 4.27. The fraction of sp³-hybridized carbons (Fsp3) is 0.333. The van der Waals surface area contributed by atoms with Gasteiger partial charge in [0.15, 0.2) is 0 Å². The van der Waals surface area contributed by atoms with E-state index in [1.54, 1.807) is 4.90 Å². The molecule has 25 heavy (non-hydrogen) atoms. The van der Waals surface area contributed by atoms with Crippen molar-refractivity contribution in [3.63, 3.8) is 0 Å². The Morgan fingerprint density at radius 3 is 2.20 bits per heavy atom. The van der Waals surface area contributed by atoms with Gasteiger partial charge in [-0.05, 0) is 24.5 Å². The van der Waals surface area contributed by atoms with Crippen molar-refractivity contribution in [1.82, 2.24) is 10.2 Å². The molecule has 2 atom stereocenters. The van der Waals surface area contributed by atoms with Crippen molar-refractivity contribution in [2.75, 3.05) is 0 Å². The largest absolute Gasteiger partial charge is 0.342 e. The molecule has 4 heteroatoms. The molecule has 0 aliphatic carbocycles. The van der Waals surface area contributed by atoms with Gasteiger partial charge in [-0.3, -0.25) is 9.59 Å². The molecule has 0 radical (unpaired) electrons. The normalized spacial score (nSPS) is 23.4. The van der Waals surface area contributed by atoms with Crippen molar-refractivity contribution in [3.8, 4) is 0 Å². The summed E-state index contributed by atoms with van der Waals surface area (Å²) in [6, 6.07) is 18.9. The fourth-order valence-electron chi connectivity index (χ4n) is 3.43. The van der Waals surface area contributed by atoms with Gasteiger partial charge in [0, 0.05) is 6.54 Å². The second-order valence-electron chi connectivity index (χ2n) is 6.66. The van der Waals surface area contributed by atoms with Crippen molar-refractivity contribution in [2.45, 2.75) is 44.8 Å². The number of piperazine rings is 1. The number of nitrogens with zero attached hydrogens (tertiary/aromatic N) is 1. The topological polar surface area (TPSA) is 49.4 Å². The molecule has 1 fully saturated rings. The van der Waals surface area contributed by atoms with Gasteiger partial charge in [-0.1, -0.05) is 74.0 Å². The average Bonchev–Trinajstić information content (AvgIpc) is 2.65. The molecule has 1 N–H and O–H groups in total. The number of nitrogens with one attached hydrogen (secondary N) is 1. The molecule has 1 aliphatic heterocycles. The zero-order valence-corrected chi connectivity index (χ0v) is 14.7. The van der Waals surface area contributed by atoms with E-state index >= 15 is 0 Å². The summed E-state index contributed by atoms with van der Waals surface area (Å²) in [7, 11) is 0. The zero-order valence-electron chi connectivity index (χ0n) is 14.7. The molecule has 2 amide bonds. The first kappa shape index (κ1) is 17.2. The Morgan fingerprint density at radius 2 is 1.60 bits per heavy atom. The van der Waals surface area contributed by atoms with Crippen LogP contribution in [0.15, 0.2) is 60.7 Å². The van der Waals surface area contributed by atoms with Crippen molar-refractivity contribution in [1.29, 1.82) is 0 Å². The highest BCUT2D eigenvalue weighted by Gasteiger charge is 2.50. The highest BCUT2D eigenvalue weighted by Crippen LogP contribution is 2.34. The number of carbonyl (C=O) groups is 2. The predicted molar refractivity (Wildman–Crippen MR) is 97.6 cm³/mol. The van der Waals surface area contributed by atoms with Crippen LogP contribution in [-0.4, -0.2) is 22.8 Å². The molecule has 1 saturated heterocycles. The van der Waals surface area contributed by atoms with Gasteiger partial charge in [-0.2, -0.15) is 0 Å². The molecular weight excluding hydrogens is 312 g/mol. The second-order valence-corrected chi connectivity index (χ2v) is 6.66. The van der Waals surface area contributed by atoms with E-state index in [0.717, 1.165) is 17.5 Å². The van der Waals surface area contributed by atoms with Gasteiger partial charge in [0.25, 0.3) is 5.91 Å². The van der Waals surface area contributed by atoms with Gasteiger partial charge in [0.2, 0.25) is 5.91 Å². The Hall–Kier alpha value is -2.62. The Labute approximate surface area is 148 Å². The van der Waals surface area contributed by atoms with Gasteiger partial charge in [-0.25, -0.2) is 0 Å². The van der Waals surface area contributed by atoms with E-state index in [0.29, 0.717) is 13.0 Å². The lowest BCUT2D eigenvalue weighted by Gasteiger charge is -2.46. The molecule has 0 spiro atoms. The maximum atomic E-state index is 13.2. The van der Waals surface area contributed by atoms with E-state index in [1.165, 1.54) is 0 Å². The summed E-state index contributed by atoms with van der Waals surface area (Å²) >= 11 is 0. The Balaban J connectivity index is 2.04. The van der Waals surface area contributed by atoms with Crippen LogP contribution in [0.3, 0.4) is 0 Å². The molecule has 0 bridgehead atoms.